The van der Waals surface area contributed by atoms with Crippen LogP contribution >= 0.6 is 11.8 Å². The van der Waals surface area contributed by atoms with Crippen LogP contribution in [-0.2, 0) is 0 Å². The Kier molecular flexibility index (Phi) is 3.74. The smallest absolute Gasteiger partial charge is 0.138 e. The lowest BCUT2D eigenvalue weighted by Crippen LogP contribution is -2.11. The molecular weight excluding hydrogens is 218 g/mol. The largest absolute Gasteiger partial charge is 0.489 e. The van der Waals surface area contributed by atoms with Gasteiger partial charge in [-0.2, -0.15) is 5.26 Å². The van der Waals surface area contributed by atoms with Gasteiger partial charge in [0.05, 0.1) is 6.10 Å². The minimum atomic E-state index is 0.309. The molecule has 0 aromatic heterocycles. The highest BCUT2D eigenvalue weighted by Gasteiger charge is 2.18. The lowest BCUT2D eigenvalue weighted by Gasteiger charge is -2.15. The first-order chi connectivity index (χ1) is 7.85. The Morgan fingerprint density at radius 2 is 2.12 bits per heavy atom. The van der Waals surface area contributed by atoms with Crippen LogP contribution in [0.25, 0.3) is 0 Å². The van der Waals surface area contributed by atoms with E-state index in [2.05, 4.69) is 6.07 Å². The molecule has 0 amide bonds. The minimum absolute atomic E-state index is 0.309. The second-order valence-electron chi connectivity index (χ2n) is 3.97. The van der Waals surface area contributed by atoms with Crippen LogP contribution in [0.2, 0.25) is 0 Å². The molecule has 0 heterocycles. The number of nitrogens with zero attached hydrogens (tertiary/aromatic N) is 1. The summed E-state index contributed by atoms with van der Waals surface area (Å²) in [5.41, 5.74) is 0.682. The number of rotatable bonds is 3. The maximum Gasteiger partial charge on any atom is 0.138 e. The van der Waals surface area contributed by atoms with E-state index in [1.807, 2.05) is 24.5 Å². The maximum absolute atomic E-state index is 9.16. The average Bonchev–Trinajstić information content (AvgIpc) is 2.81. The van der Waals surface area contributed by atoms with Crippen molar-refractivity contribution in [2.45, 2.75) is 36.7 Å². The molecule has 0 aliphatic heterocycles. The van der Waals surface area contributed by atoms with E-state index >= 15 is 0 Å². The molecule has 0 saturated heterocycles. The fourth-order valence-electron chi connectivity index (χ4n) is 2.08. The van der Waals surface area contributed by atoms with Gasteiger partial charge in [-0.25, -0.2) is 0 Å². The predicted octanol–water partition coefficient (Wildman–Crippen LogP) is 3.60. The standard InChI is InChI=1S/C13H15NOS/c1-16-13-8-4-7-12(11(13)9-14)15-10-5-2-3-6-10/h4,7-8,10H,2-3,5-6H2,1H3. The Morgan fingerprint density at radius 1 is 1.38 bits per heavy atom. The molecule has 2 nitrogen and oxygen atoms in total. The van der Waals surface area contributed by atoms with Crippen LogP contribution in [0.1, 0.15) is 31.2 Å². The Hall–Kier alpha value is -1.14. The van der Waals surface area contributed by atoms with Crippen LogP contribution in [0.4, 0.5) is 0 Å². The molecule has 0 N–H and O–H groups in total. The van der Waals surface area contributed by atoms with Crippen molar-refractivity contribution in [3.05, 3.63) is 23.8 Å². The first-order valence-electron chi connectivity index (χ1n) is 5.59. The molecule has 0 bridgehead atoms. The van der Waals surface area contributed by atoms with E-state index in [1.165, 1.54) is 12.8 Å². The highest BCUT2D eigenvalue weighted by Crippen LogP contribution is 2.31. The van der Waals surface area contributed by atoms with Crippen molar-refractivity contribution in [1.29, 1.82) is 5.26 Å². The van der Waals surface area contributed by atoms with E-state index in [1.54, 1.807) is 11.8 Å². The molecule has 2 rings (SSSR count). The van der Waals surface area contributed by atoms with Crippen LogP contribution in [0.5, 0.6) is 5.75 Å². The molecule has 1 aliphatic rings. The summed E-state index contributed by atoms with van der Waals surface area (Å²) >= 11 is 1.59. The Labute approximate surface area is 101 Å². The van der Waals surface area contributed by atoms with E-state index in [-0.39, 0.29) is 0 Å². The highest BCUT2D eigenvalue weighted by atomic mass is 32.2. The predicted molar refractivity (Wildman–Crippen MR) is 65.8 cm³/mol. The summed E-state index contributed by atoms with van der Waals surface area (Å²) in [6, 6.07) is 8.06. The molecule has 1 saturated carbocycles. The molecule has 16 heavy (non-hydrogen) atoms. The van der Waals surface area contributed by atoms with Gasteiger partial charge in [0.15, 0.2) is 0 Å². The first kappa shape index (κ1) is 11.3. The second kappa shape index (κ2) is 5.27. The molecule has 0 spiro atoms. The van der Waals surface area contributed by atoms with Gasteiger partial charge >= 0.3 is 0 Å². The van der Waals surface area contributed by atoms with Gasteiger partial charge in [-0.3, -0.25) is 0 Å². The highest BCUT2D eigenvalue weighted by molar-refractivity contribution is 7.98. The molecule has 1 fully saturated rings. The third kappa shape index (κ3) is 2.33. The van der Waals surface area contributed by atoms with Crippen LogP contribution in [0, 0.1) is 11.3 Å². The summed E-state index contributed by atoms with van der Waals surface area (Å²) in [6.07, 6.45) is 7.02. The van der Waals surface area contributed by atoms with Gasteiger partial charge in [0.2, 0.25) is 0 Å². The topological polar surface area (TPSA) is 33.0 Å². The summed E-state index contributed by atoms with van der Waals surface area (Å²) in [5, 5.41) is 9.16. The molecule has 3 heteroatoms. The molecule has 0 unspecified atom stereocenters. The summed E-state index contributed by atoms with van der Waals surface area (Å²) in [6.45, 7) is 0. The van der Waals surface area contributed by atoms with E-state index in [4.69, 9.17) is 10.00 Å². The van der Waals surface area contributed by atoms with Crippen molar-refractivity contribution >= 4 is 11.8 Å². The molecule has 1 aromatic rings. The van der Waals surface area contributed by atoms with Crippen molar-refractivity contribution in [3.63, 3.8) is 0 Å². The maximum atomic E-state index is 9.16. The third-order valence-corrected chi connectivity index (χ3v) is 3.70. The number of hydrogen-bond acceptors (Lipinski definition) is 3. The molecule has 1 aromatic carbocycles. The van der Waals surface area contributed by atoms with Gasteiger partial charge in [0, 0.05) is 4.90 Å². The van der Waals surface area contributed by atoms with Crippen molar-refractivity contribution in [1.82, 2.24) is 0 Å². The molecular formula is C13H15NOS. The van der Waals surface area contributed by atoms with E-state index in [0.717, 1.165) is 23.5 Å². The van der Waals surface area contributed by atoms with E-state index in [0.29, 0.717) is 11.7 Å². The molecule has 84 valence electrons. The Balaban J connectivity index is 2.22. The van der Waals surface area contributed by atoms with Crippen molar-refractivity contribution in [3.8, 4) is 11.8 Å². The molecule has 0 atom stereocenters. The SMILES string of the molecule is CSc1cccc(OC2CCCC2)c1C#N. The summed E-state index contributed by atoms with van der Waals surface area (Å²) in [4.78, 5) is 0.998. The number of thioether (sulfide) groups is 1. The van der Waals surface area contributed by atoms with Crippen LogP contribution < -0.4 is 4.74 Å². The fourth-order valence-corrected chi connectivity index (χ4v) is 2.64. The second-order valence-corrected chi connectivity index (χ2v) is 4.82. The summed E-state index contributed by atoms with van der Waals surface area (Å²) < 4.78 is 5.90. The zero-order chi connectivity index (χ0) is 11.4. The summed E-state index contributed by atoms with van der Waals surface area (Å²) in [5.74, 6) is 0.751. The van der Waals surface area contributed by atoms with Crippen LogP contribution in [-0.4, -0.2) is 12.4 Å². The average molecular weight is 233 g/mol. The van der Waals surface area contributed by atoms with Gasteiger partial charge in [0.25, 0.3) is 0 Å². The fraction of sp³-hybridized carbons (Fsp3) is 0.462. The lowest BCUT2D eigenvalue weighted by molar-refractivity contribution is 0.209. The molecule has 1 aliphatic carbocycles. The number of ether oxygens (including phenoxy) is 1. The van der Waals surface area contributed by atoms with E-state index in [9.17, 15) is 0 Å². The normalized spacial score (nSPS) is 16.0. The van der Waals surface area contributed by atoms with Crippen molar-refractivity contribution in [2.24, 2.45) is 0 Å². The van der Waals surface area contributed by atoms with Crippen molar-refractivity contribution < 1.29 is 4.74 Å². The zero-order valence-electron chi connectivity index (χ0n) is 9.40. The van der Waals surface area contributed by atoms with Gasteiger partial charge in [-0.05, 0) is 44.1 Å². The molecule has 0 radical (unpaired) electrons. The van der Waals surface area contributed by atoms with E-state index < -0.39 is 0 Å². The number of benzene rings is 1. The van der Waals surface area contributed by atoms with Gasteiger partial charge in [-0.1, -0.05) is 6.07 Å². The number of nitriles is 1. The zero-order valence-corrected chi connectivity index (χ0v) is 10.2. The first-order valence-corrected chi connectivity index (χ1v) is 6.81. The monoisotopic (exact) mass is 233 g/mol. The summed E-state index contributed by atoms with van der Waals surface area (Å²) in [7, 11) is 0. The number of hydrogen-bond donors (Lipinski definition) is 0. The van der Waals surface area contributed by atoms with Crippen LogP contribution in [0.15, 0.2) is 23.1 Å². The Bertz CT molecular complexity index is 405. The third-order valence-electron chi connectivity index (χ3n) is 2.92. The van der Waals surface area contributed by atoms with Crippen molar-refractivity contribution in [2.75, 3.05) is 6.26 Å². The van der Waals surface area contributed by atoms with Gasteiger partial charge in [0.1, 0.15) is 17.4 Å². The van der Waals surface area contributed by atoms with Gasteiger partial charge in [-0.15, -0.1) is 11.8 Å². The minimum Gasteiger partial charge on any atom is -0.489 e. The van der Waals surface area contributed by atoms with Gasteiger partial charge < -0.3 is 4.74 Å². The Morgan fingerprint density at radius 3 is 2.75 bits per heavy atom. The quantitative estimate of drug-likeness (QED) is 0.748. The van der Waals surface area contributed by atoms with Crippen LogP contribution in [0.3, 0.4) is 0 Å². The lowest BCUT2D eigenvalue weighted by atomic mass is 10.2.